The third kappa shape index (κ3) is 2.88. The second-order valence-corrected chi connectivity index (χ2v) is 4.50. The SMILES string of the molecule is CC(=O)C(=O)C(=O)C(c1ccccc1)c1ccccc1. The third-order valence-corrected chi connectivity index (χ3v) is 3.07. The number of hydrogen-bond donors (Lipinski definition) is 0. The number of rotatable bonds is 5. The molecule has 2 aromatic carbocycles. The summed E-state index contributed by atoms with van der Waals surface area (Å²) in [5.41, 5.74) is 1.41. The molecule has 0 spiro atoms. The van der Waals surface area contributed by atoms with Crippen LogP contribution in [0.4, 0.5) is 0 Å². The van der Waals surface area contributed by atoms with E-state index in [1.807, 2.05) is 12.1 Å². The minimum Gasteiger partial charge on any atom is -0.291 e. The molecule has 2 rings (SSSR count). The van der Waals surface area contributed by atoms with E-state index in [4.69, 9.17) is 0 Å². The van der Waals surface area contributed by atoms with Crippen molar-refractivity contribution < 1.29 is 14.4 Å². The van der Waals surface area contributed by atoms with Gasteiger partial charge in [-0.25, -0.2) is 0 Å². The van der Waals surface area contributed by atoms with Gasteiger partial charge in [-0.05, 0) is 11.1 Å². The summed E-state index contributed by atoms with van der Waals surface area (Å²) in [7, 11) is 0. The number of hydrogen-bond acceptors (Lipinski definition) is 3. The second kappa shape index (κ2) is 6.06. The third-order valence-electron chi connectivity index (χ3n) is 3.07. The number of carbonyl (C=O) groups is 3. The van der Waals surface area contributed by atoms with E-state index in [1.165, 1.54) is 0 Å². The van der Waals surface area contributed by atoms with Gasteiger partial charge in [0.05, 0.1) is 5.92 Å². The molecule has 100 valence electrons. The molecule has 0 radical (unpaired) electrons. The molecule has 0 atom stereocenters. The van der Waals surface area contributed by atoms with Crippen molar-refractivity contribution in [2.75, 3.05) is 0 Å². The van der Waals surface area contributed by atoms with Gasteiger partial charge in [0.15, 0.2) is 0 Å². The molecular formula is C17H14O3. The van der Waals surface area contributed by atoms with Crippen LogP contribution in [0.1, 0.15) is 24.0 Å². The molecule has 0 N–H and O–H groups in total. The lowest BCUT2D eigenvalue weighted by molar-refractivity contribution is -0.143. The van der Waals surface area contributed by atoms with Crippen molar-refractivity contribution in [3.8, 4) is 0 Å². The fourth-order valence-electron chi connectivity index (χ4n) is 2.09. The Bertz CT molecular complexity index is 590. The Hall–Kier alpha value is -2.55. The van der Waals surface area contributed by atoms with Crippen molar-refractivity contribution >= 4 is 17.3 Å². The highest BCUT2D eigenvalue weighted by Crippen LogP contribution is 2.25. The first-order valence-electron chi connectivity index (χ1n) is 6.30. The Morgan fingerprint density at radius 1 is 0.750 bits per heavy atom. The first-order chi connectivity index (χ1) is 9.61. The van der Waals surface area contributed by atoms with Gasteiger partial charge >= 0.3 is 0 Å². The maximum atomic E-state index is 12.3. The lowest BCUT2D eigenvalue weighted by atomic mass is 9.85. The van der Waals surface area contributed by atoms with Gasteiger partial charge in [-0.3, -0.25) is 14.4 Å². The van der Waals surface area contributed by atoms with E-state index >= 15 is 0 Å². The van der Waals surface area contributed by atoms with Crippen LogP contribution in [-0.2, 0) is 14.4 Å². The molecule has 0 aliphatic carbocycles. The predicted octanol–water partition coefficient (Wildman–Crippen LogP) is 2.55. The lowest BCUT2D eigenvalue weighted by Gasteiger charge is -2.15. The van der Waals surface area contributed by atoms with Gasteiger partial charge in [0.25, 0.3) is 5.78 Å². The van der Waals surface area contributed by atoms with Crippen LogP contribution in [-0.4, -0.2) is 17.3 Å². The molecule has 0 amide bonds. The van der Waals surface area contributed by atoms with Gasteiger partial charge in [0, 0.05) is 6.92 Å². The van der Waals surface area contributed by atoms with Crippen LogP contribution in [0.15, 0.2) is 60.7 Å². The summed E-state index contributed by atoms with van der Waals surface area (Å²) in [6, 6.07) is 18.0. The maximum Gasteiger partial charge on any atom is 0.264 e. The maximum absolute atomic E-state index is 12.3. The molecular weight excluding hydrogens is 252 g/mol. The summed E-state index contributed by atoms with van der Waals surface area (Å²) >= 11 is 0. The van der Waals surface area contributed by atoms with Gasteiger partial charge in [0.1, 0.15) is 0 Å². The Morgan fingerprint density at radius 3 is 1.50 bits per heavy atom. The molecule has 0 saturated carbocycles. The standard InChI is InChI=1S/C17H14O3/c1-12(18)16(19)17(20)15(13-8-4-2-5-9-13)14-10-6-3-7-11-14/h2-11,15H,1H3. The topological polar surface area (TPSA) is 51.2 Å². The van der Waals surface area contributed by atoms with Gasteiger partial charge in [-0.15, -0.1) is 0 Å². The van der Waals surface area contributed by atoms with Crippen LogP contribution in [0.2, 0.25) is 0 Å². The van der Waals surface area contributed by atoms with Crippen molar-refractivity contribution in [1.29, 1.82) is 0 Å². The van der Waals surface area contributed by atoms with Crippen molar-refractivity contribution in [3.63, 3.8) is 0 Å². The molecule has 0 aliphatic rings. The van der Waals surface area contributed by atoms with Gasteiger partial charge in [-0.1, -0.05) is 60.7 Å². The van der Waals surface area contributed by atoms with E-state index in [1.54, 1.807) is 48.5 Å². The summed E-state index contributed by atoms with van der Waals surface area (Å²) in [4.78, 5) is 35.2. The smallest absolute Gasteiger partial charge is 0.264 e. The summed E-state index contributed by atoms with van der Waals surface area (Å²) in [6.45, 7) is 1.12. The first kappa shape index (κ1) is 13.9. The second-order valence-electron chi connectivity index (χ2n) is 4.50. The zero-order valence-electron chi connectivity index (χ0n) is 11.1. The fourth-order valence-corrected chi connectivity index (χ4v) is 2.09. The summed E-state index contributed by atoms with van der Waals surface area (Å²) in [5.74, 6) is -3.10. The Kier molecular flexibility index (Phi) is 4.20. The Balaban J connectivity index is 2.48. The van der Waals surface area contributed by atoms with Crippen LogP contribution in [0.3, 0.4) is 0 Å². The molecule has 20 heavy (non-hydrogen) atoms. The van der Waals surface area contributed by atoms with Crippen molar-refractivity contribution in [3.05, 3.63) is 71.8 Å². The van der Waals surface area contributed by atoms with Crippen molar-refractivity contribution in [2.24, 2.45) is 0 Å². The Morgan fingerprint density at radius 2 is 1.15 bits per heavy atom. The number of carbonyl (C=O) groups excluding carboxylic acids is 3. The molecule has 0 aliphatic heterocycles. The molecule has 3 heteroatoms. The molecule has 0 fully saturated rings. The van der Waals surface area contributed by atoms with Crippen LogP contribution < -0.4 is 0 Å². The van der Waals surface area contributed by atoms with E-state index in [9.17, 15) is 14.4 Å². The van der Waals surface area contributed by atoms with E-state index in [0.29, 0.717) is 11.1 Å². The Labute approximate surface area is 117 Å². The normalized spacial score (nSPS) is 10.3. The zero-order valence-corrected chi connectivity index (χ0v) is 11.1. The molecule has 0 unspecified atom stereocenters. The average molecular weight is 266 g/mol. The molecule has 0 saturated heterocycles. The highest BCUT2D eigenvalue weighted by molar-refractivity contribution is 6.64. The number of benzene rings is 2. The summed E-state index contributed by atoms with van der Waals surface area (Å²) in [5, 5.41) is 0. The fraction of sp³-hybridized carbons (Fsp3) is 0.118. The molecule has 0 bridgehead atoms. The van der Waals surface area contributed by atoms with Crippen LogP contribution in [0, 0.1) is 0 Å². The van der Waals surface area contributed by atoms with E-state index in [0.717, 1.165) is 6.92 Å². The van der Waals surface area contributed by atoms with E-state index < -0.39 is 23.3 Å². The zero-order chi connectivity index (χ0) is 14.5. The van der Waals surface area contributed by atoms with E-state index in [-0.39, 0.29) is 0 Å². The summed E-state index contributed by atoms with van der Waals surface area (Å²) < 4.78 is 0. The molecule has 0 aromatic heterocycles. The minimum absolute atomic E-state index is 0.685. The first-order valence-corrected chi connectivity index (χ1v) is 6.30. The predicted molar refractivity (Wildman–Crippen MR) is 75.4 cm³/mol. The van der Waals surface area contributed by atoms with Crippen molar-refractivity contribution in [1.82, 2.24) is 0 Å². The number of ketones is 3. The molecule has 0 heterocycles. The lowest BCUT2D eigenvalue weighted by Crippen LogP contribution is -2.28. The summed E-state index contributed by atoms with van der Waals surface area (Å²) in [6.07, 6.45) is 0. The highest BCUT2D eigenvalue weighted by atomic mass is 16.2. The van der Waals surface area contributed by atoms with Gasteiger partial charge < -0.3 is 0 Å². The number of Topliss-reactive ketones (excluding diaryl/α,β-unsaturated/α-hetero) is 3. The van der Waals surface area contributed by atoms with Crippen LogP contribution in [0.25, 0.3) is 0 Å². The average Bonchev–Trinajstić information content (AvgIpc) is 2.48. The van der Waals surface area contributed by atoms with Gasteiger partial charge in [0.2, 0.25) is 11.6 Å². The minimum atomic E-state index is -0.956. The quantitative estimate of drug-likeness (QED) is 0.617. The highest BCUT2D eigenvalue weighted by Gasteiger charge is 2.30. The van der Waals surface area contributed by atoms with Crippen molar-refractivity contribution in [2.45, 2.75) is 12.8 Å². The van der Waals surface area contributed by atoms with Crippen LogP contribution >= 0.6 is 0 Å². The molecule has 2 aromatic rings. The van der Waals surface area contributed by atoms with Crippen LogP contribution in [0.5, 0.6) is 0 Å². The van der Waals surface area contributed by atoms with Gasteiger partial charge in [-0.2, -0.15) is 0 Å². The molecule has 3 nitrogen and oxygen atoms in total. The largest absolute Gasteiger partial charge is 0.291 e. The van der Waals surface area contributed by atoms with E-state index in [2.05, 4.69) is 0 Å². The monoisotopic (exact) mass is 266 g/mol.